The second-order valence-corrected chi connectivity index (χ2v) is 3.37. The summed E-state index contributed by atoms with van der Waals surface area (Å²) >= 11 is 0. The first-order valence-electron chi connectivity index (χ1n) is 4.48. The highest BCUT2D eigenvalue weighted by Crippen LogP contribution is 2.20. The van der Waals surface area contributed by atoms with E-state index in [1.54, 1.807) is 12.1 Å². The van der Waals surface area contributed by atoms with Gasteiger partial charge in [-0.3, -0.25) is 4.79 Å². The fourth-order valence-electron chi connectivity index (χ4n) is 1.56. The van der Waals surface area contributed by atoms with Gasteiger partial charge in [0.15, 0.2) is 11.9 Å². The smallest absolute Gasteiger partial charge is 0.339 e. The fourth-order valence-corrected chi connectivity index (χ4v) is 1.56. The van der Waals surface area contributed by atoms with Crippen molar-refractivity contribution in [2.24, 2.45) is 0 Å². The number of fused-ring (bicyclic) bond motifs is 1. The SMILES string of the molecule is CC(=O)[C@H]1Cc2ccccc2C(=O)O1. The van der Waals surface area contributed by atoms with Crippen LogP contribution in [-0.2, 0) is 16.0 Å². The van der Waals surface area contributed by atoms with Gasteiger partial charge in [-0.15, -0.1) is 0 Å². The van der Waals surface area contributed by atoms with Gasteiger partial charge in [0.1, 0.15) is 0 Å². The molecule has 0 fully saturated rings. The summed E-state index contributed by atoms with van der Waals surface area (Å²) in [4.78, 5) is 22.5. The summed E-state index contributed by atoms with van der Waals surface area (Å²) in [5, 5.41) is 0. The quantitative estimate of drug-likeness (QED) is 0.628. The number of benzene rings is 1. The van der Waals surface area contributed by atoms with E-state index in [0.717, 1.165) is 5.56 Å². The van der Waals surface area contributed by atoms with Gasteiger partial charge in [0.25, 0.3) is 0 Å². The second-order valence-electron chi connectivity index (χ2n) is 3.37. The molecule has 1 aromatic carbocycles. The molecule has 1 atom stereocenters. The van der Waals surface area contributed by atoms with Gasteiger partial charge in [-0.2, -0.15) is 0 Å². The van der Waals surface area contributed by atoms with E-state index in [-0.39, 0.29) is 5.78 Å². The van der Waals surface area contributed by atoms with Crippen LogP contribution in [0, 0.1) is 0 Å². The topological polar surface area (TPSA) is 43.4 Å². The Balaban J connectivity index is 2.38. The van der Waals surface area contributed by atoms with Crippen LogP contribution in [0.4, 0.5) is 0 Å². The molecule has 3 nitrogen and oxygen atoms in total. The summed E-state index contributed by atoms with van der Waals surface area (Å²) < 4.78 is 4.99. The number of carbonyl (C=O) groups is 2. The van der Waals surface area contributed by atoms with Crippen LogP contribution in [0.15, 0.2) is 24.3 Å². The highest BCUT2D eigenvalue weighted by molar-refractivity contribution is 5.95. The molecule has 0 bridgehead atoms. The second kappa shape index (κ2) is 3.25. The predicted molar refractivity (Wildman–Crippen MR) is 50.0 cm³/mol. The molecular weight excluding hydrogens is 180 g/mol. The standard InChI is InChI=1S/C11H10O3/c1-7(12)10-6-8-4-2-3-5-9(8)11(13)14-10/h2-5,10H,6H2,1H3/t10-/m1/s1. The number of hydrogen-bond acceptors (Lipinski definition) is 3. The number of rotatable bonds is 1. The molecule has 1 aliphatic rings. The molecule has 0 amide bonds. The van der Waals surface area contributed by atoms with Gasteiger partial charge < -0.3 is 4.74 Å². The lowest BCUT2D eigenvalue weighted by atomic mass is 9.97. The summed E-state index contributed by atoms with van der Waals surface area (Å²) in [6.45, 7) is 1.44. The minimum atomic E-state index is -0.600. The van der Waals surface area contributed by atoms with E-state index in [2.05, 4.69) is 0 Å². The molecule has 0 saturated carbocycles. The lowest BCUT2D eigenvalue weighted by Gasteiger charge is -2.22. The molecule has 0 unspecified atom stereocenters. The van der Waals surface area contributed by atoms with E-state index < -0.39 is 12.1 Å². The van der Waals surface area contributed by atoms with Crippen molar-refractivity contribution in [3.63, 3.8) is 0 Å². The summed E-state index contributed by atoms with van der Waals surface area (Å²) in [7, 11) is 0. The molecule has 14 heavy (non-hydrogen) atoms. The maximum absolute atomic E-state index is 11.4. The van der Waals surface area contributed by atoms with Gasteiger partial charge in [-0.05, 0) is 18.6 Å². The third kappa shape index (κ3) is 1.41. The Morgan fingerprint density at radius 2 is 2.14 bits per heavy atom. The van der Waals surface area contributed by atoms with Crippen molar-refractivity contribution in [3.8, 4) is 0 Å². The molecule has 1 aliphatic heterocycles. The van der Waals surface area contributed by atoms with Crippen molar-refractivity contribution in [3.05, 3.63) is 35.4 Å². The van der Waals surface area contributed by atoms with Crippen molar-refractivity contribution in [2.75, 3.05) is 0 Å². The van der Waals surface area contributed by atoms with E-state index >= 15 is 0 Å². The maximum atomic E-state index is 11.4. The fraction of sp³-hybridized carbons (Fsp3) is 0.273. The molecule has 0 aromatic heterocycles. The molecule has 1 heterocycles. The van der Waals surface area contributed by atoms with Crippen molar-refractivity contribution in [2.45, 2.75) is 19.4 Å². The first kappa shape index (κ1) is 8.94. The van der Waals surface area contributed by atoms with Gasteiger partial charge in [-0.1, -0.05) is 18.2 Å². The van der Waals surface area contributed by atoms with E-state index in [4.69, 9.17) is 4.74 Å². The Kier molecular flexibility index (Phi) is 2.08. The Morgan fingerprint density at radius 3 is 2.86 bits per heavy atom. The molecule has 0 radical (unpaired) electrons. The highest BCUT2D eigenvalue weighted by Gasteiger charge is 2.28. The molecule has 0 aliphatic carbocycles. The Morgan fingerprint density at radius 1 is 1.43 bits per heavy atom. The number of ketones is 1. The third-order valence-corrected chi connectivity index (χ3v) is 2.35. The Hall–Kier alpha value is -1.64. The van der Waals surface area contributed by atoms with Crippen LogP contribution in [0.1, 0.15) is 22.8 Å². The maximum Gasteiger partial charge on any atom is 0.339 e. The lowest BCUT2D eigenvalue weighted by molar-refractivity contribution is -0.125. The molecule has 0 spiro atoms. The molecule has 0 N–H and O–H groups in total. The summed E-state index contributed by atoms with van der Waals surface area (Å²) in [6.07, 6.45) is -0.102. The van der Waals surface area contributed by atoms with Gasteiger partial charge in [0, 0.05) is 6.42 Å². The van der Waals surface area contributed by atoms with Crippen LogP contribution in [0.2, 0.25) is 0 Å². The van der Waals surface area contributed by atoms with Gasteiger partial charge >= 0.3 is 5.97 Å². The van der Waals surface area contributed by atoms with Crippen molar-refractivity contribution in [1.29, 1.82) is 0 Å². The zero-order chi connectivity index (χ0) is 10.1. The molecule has 2 rings (SSSR count). The highest BCUT2D eigenvalue weighted by atomic mass is 16.5. The van der Waals surface area contributed by atoms with Gasteiger partial charge in [0.2, 0.25) is 0 Å². The van der Waals surface area contributed by atoms with Crippen molar-refractivity contribution >= 4 is 11.8 Å². The molecular formula is C11H10O3. The van der Waals surface area contributed by atoms with Crippen LogP contribution in [0.3, 0.4) is 0 Å². The largest absolute Gasteiger partial charge is 0.450 e. The molecule has 3 heteroatoms. The van der Waals surface area contributed by atoms with Crippen LogP contribution in [0.5, 0.6) is 0 Å². The normalized spacial score (nSPS) is 19.8. The summed E-state index contributed by atoms with van der Waals surface area (Å²) in [5.41, 5.74) is 1.47. The van der Waals surface area contributed by atoms with E-state index in [1.165, 1.54) is 6.92 Å². The Bertz CT molecular complexity index is 395. The Labute approximate surface area is 81.7 Å². The summed E-state index contributed by atoms with van der Waals surface area (Å²) in [6, 6.07) is 7.21. The lowest BCUT2D eigenvalue weighted by Crippen LogP contribution is -2.32. The number of esters is 1. The van der Waals surface area contributed by atoms with E-state index in [0.29, 0.717) is 12.0 Å². The third-order valence-electron chi connectivity index (χ3n) is 2.35. The zero-order valence-electron chi connectivity index (χ0n) is 7.82. The number of Topliss-reactive ketones (excluding diaryl/α,β-unsaturated/α-hetero) is 1. The predicted octanol–water partition coefficient (Wildman–Crippen LogP) is 1.36. The molecule has 1 aromatic rings. The van der Waals surface area contributed by atoms with Gasteiger partial charge in [-0.25, -0.2) is 4.79 Å². The summed E-state index contributed by atoms with van der Waals surface area (Å²) in [5.74, 6) is -0.500. The van der Waals surface area contributed by atoms with Crippen LogP contribution >= 0.6 is 0 Å². The number of ether oxygens (including phenoxy) is 1. The molecule has 0 saturated heterocycles. The minimum Gasteiger partial charge on any atom is -0.450 e. The molecule has 72 valence electrons. The first-order chi connectivity index (χ1) is 6.68. The number of hydrogen-bond donors (Lipinski definition) is 0. The van der Waals surface area contributed by atoms with Crippen LogP contribution in [0.25, 0.3) is 0 Å². The van der Waals surface area contributed by atoms with E-state index in [9.17, 15) is 9.59 Å². The average molecular weight is 190 g/mol. The average Bonchev–Trinajstić information content (AvgIpc) is 2.17. The van der Waals surface area contributed by atoms with Gasteiger partial charge in [0.05, 0.1) is 5.56 Å². The zero-order valence-corrected chi connectivity index (χ0v) is 7.82. The van der Waals surface area contributed by atoms with Crippen molar-refractivity contribution < 1.29 is 14.3 Å². The van der Waals surface area contributed by atoms with E-state index in [1.807, 2.05) is 12.1 Å². The number of cyclic esters (lactones) is 1. The minimum absolute atomic E-state index is 0.104. The van der Waals surface area contributed by atoms with Crippen LogP contribution in [-0.4, -0.2) is 17.9 Å². The monoisotopic (exact) mass is 190 g/mol. The van der Waals surface area contributed by atoms with Crippen LogP contribution < -0.4 is 0 Å². The van der Waals surface area contributed by atoms with Crippen molar-refractivity contribution in [1.82, 2.24) is 0 Å². The number of carbonyl (C=O) groups excluding carboxylic acids is 2. The first-order valence-corrected chi connectivity index (χ1v) is 4.48.